The van der Waals surface area contributed by atoms with Crippen molar-refractivity contribution in [3.8, 4) is 0 Å². The first-order chi connectivity index (χ1) is 11.5. The zero-order valence-electron chi connectivity index (χ0n) is 15.1. The van der Waals surface area contributed by atoms with E-state index in [-0.39, 0.29) is 17.3 Å². The summed E-state index contributed by atoms with van der Waals surface area (Å²) in [6, 6.07) is 6.05. The smallest absolute Gasteiger partial charge is 0.251 e. The lowest BCUT2D eigenvalue weighted by Crippen LogP contribution is -2.33. The van der Waals surface area contributed by atoms with E-state index in [1.54, 1.807) is 13.8 Å². The highest BCUT2D eigenvalue weighted by molar-refractivity contribution is 7.94. The van der Waals surface area contributed by atoms with Gasteiger partial charge in [-0.25, -0.2) is 12.7 Å². The van der Waals surface area contributed by atoms with Gasteiger partial charge >= 0.3 is 0 Å². The van der Waals surface area contributed by atoms with E-state index in [9.17, 15) is 18.0 Å². The second kappa shape index (κ2) is 7.13. The monoisotopic (exact) mass is 367 g/mol. The Kier molecular flexibility index (Phi) is 5.53. The van der Waals surface area contributed by atoms with Gasteiger partial charge in [-0.05, 0) is 65.2 Å². The number of nitrogens with zero attached hydrogens (tertiary/aromatic N) is 2. The van der Waals surface area contributed by atoms with Gasteiger partial charge in [0.1, 0.15) is 0 Å². The predicted octanol–water partition coefficient (Wildman–Crippen LogP) is 1.07. The molecule has 1 fully saturated rings. The number of rotatable bonds is 6. The van der Waals surface area contributed by atoms with Crippen LogP contribution >= 0.6 is 0 Å². The zero-order chi connectivity index (χ0) is 18.8. The Labute approximate surface area is 149 Å². The molecule has 138 valence electrons. The minimum absolute atomic E-state index is 0.215. The van der Waals surface area contributed by atoms with E-state index in [4.69, 9.17) is 0 Å². The highest BCUT2D eigenvalue weighted by Gasteiger charge is 2.49. The Hall–Kier alpha value is -1.93. The normalized spacial score (nSPS) is 18.6. The van der Waals surface area contributed by atoms with Crippen LogP contribution in [-0.2, 0) is 14.8 Å². The Morgan fingerprint density at radius 1 is 1.24 bits per heavy atom. The van der Waals surface area contributed by atoms with Crippen molar-refractivity contribution >= 4 is 27.5 Å². The molecule has 2 rings (SSSR count). The molecule has 0 radical (unpaired) electrons. The van der Waals surface area contributed by atoms with E-state index in [2.05, 4.69) is 5.32 Å². The third-order valence-corrected chi connectivity index (χ3v) is 6.04. The highest BCUT2D eigenvalue weighted by atomic mass is 32.2. The lowest BCUT2D eigenvalue weighted by Gasteiger charge is -2.17. The third-order valence-electron chi connectivity index (χ3n) is 4.02. The number of amides is 2. The first-order valence-corrected chi connectivity index (χ1v) is 9.76. The van der Waals surface area contributed by atoms with Gasteiger partial charge in [0.2, 0.25) is 15.9 Å². The van der Waals surface area contributed by atoms with E-state index in [1.807, 2.05) is 19.0 Å². The van der Waals surface area contributed by atoms with Crippen LogP contribution in [0.5, 0.6) is 0 Å². The number of nitrogens with one attached hydrogen (secondary N) is 1. The maximum absolute atomic E-state index is 12.4. The van der Waals surface area contributed by atoms with Crippen molar-refractivity contribution in [1.82, 2.24) is 10.2 Å². The molecular formula is C17H25N3O4S. The van der Waals surface area contributed by atoms with Crippen LogP contribution < -0.4 is 9.62 Å². The molecule has 1 aromatic carbocycles. The molecule has 25 heavy (non-hydrogen) atoms. The van der Waals surface area contributed by atoms with Crippen LogP contribution in [-0.4, -0.2) is 58.1 Å². The molecule has 0 atom stereocenters. The summed E-state index contributed by atoms with van der Waals surface area (Å²) in [6.45, 7) is 4.67. The lowest BCUT2D eigenvalue weighted by molar-refractivity contribution is -0.123. The molecule has 2 amide bonds. The Morgan fingerprint density at radius 3 is 2.32 bits per heavy atom. The summed E-state index contributed by atoms with van der Waals surface area (Å²) in [4.78, 5) is 26.5. The number of anilines is 1. The van der Waals surface area contributed by atoms with Gasteiger partial charge in [0.25, 0.3) is 5.91 Å². The van der Waals surface area contributed by atoms with Crippen LogP contribution in [0.15, 0.2) is 24.3 Å². The molecule has 7 nitrogen and oxygen atoms in total. The molecule has 0 spiro atoms. The molecule has 1 aliphatic heterocycles. The SMILES string of the molecule is CN(C)CCCNC(=O)c1ccc(N2C(=O)C(C)(C)CS2(=O)=O)cc1. The van der Waals surface area contributed by atoms with Gasteiger partial charge in [-0.3, -0.25) is 9.59 Å². The summed E-state index contributed by atoms with van der Waals surface area (Å²) in [5.74, 6) is -0.887. The number of sulfonamides is 1. The average molecular weight is 367 g/mol. The van der Waals surface area contributed by atoms with E-state index in [0.717, 1.165) is 17.3 Å². The van der Waals surface area contributed by atoms with Crippen LogP contribution in [0.3, 0.4) is 0 Å². The molecule has 1 aliphatic rings. The van der Waals surface area contributed by atoms with Crippen LogP contribution in [0.25, 0.3) is 0 Å². The minimum Gasteiger partial charge on any atom is -0.352 e. The van der Waals surface area contributed by atoms with E-state index < -0.39 is 21.3 Å². The lowest BCUT2D eigenvalue weighted by atomic mass is 9.95. The second-order valence-corrected chi connectivity index (χ2v) is 8.99. The fourth-order valence-corrected chi connectivity index (χ4v) is 4.82. The van der Waals surface area contributed by atoms with Gasteiger partial charge in [-0.2, -0.15) is 0 Å². The second-order valence-electron chi connectivity index (χ2n) is 7.17. The summed E-state index contributed by atoms with van der Waals surface area (Å²) < 4.78 is 25.4. The van der Waals surface area contributed by atoms with E-state index >= 15 is 0 Å². The fourth-order valence-electron chi connectivity index (χ4n) is 2.71. The van der Waals surface area contributed by atoms with Crippen molar-refractivity contribution in [2.45, 2.75) is 20.3 Å². The summed E-state index contributed by atoms with van der Waals surface area (Å²) in [5.41, 5.74) is -0.252. The molecule has 0 bridgehead atoms. The number of hydrogen-bond acceptors (Lipinski definition) is 5. The van der Waals surface area contributed by atoms with Crippen LogP contribution in [0.4, 0.5) is 5.69 Å². The van der Waals surface area contributed by atoms with Crippen LogP contribution in [0, 0.1) is 5.41 Å². The van der Waals surface area contributed by atoms with E-state index in [0.29, 0.717) is 12.1 Å². The van der Waals surface area contributed by atoms with Crippen LogP contribution in [0.2, 0.25) is 0 Å². The van der Waals surface area contributed by atoms with Gasteiger partial charge in [-0.1, -0.05) is 0 Å². The molecule has 0 saturated carbocycles. The highest BCUT2D eigenvalue weighted by Crippen LogP contribution is 2.35. The quantitative estimate of drug-likeness (QED) is 0.760. The number of carbonyl (C=O) groups is 2. The van der Waals surface area contributed by atoms with Gasteiger partial charge in [0.05, 0.1) is 16.9 Å². The average Bonchev–Trinajstić information content (AvgIpc) is 2.67. The topological polar surface area (TPSA) is 86.8 Å². The summed E-state index contributed by atoms with van der Waals surface area (Å²) in [7, 11) is 0.258. The first-order valence-electron chi connectivity index (χ1n) is 8.15. The number of hydrogen-bond donors (Lipinski definition) is 1. The van der Waals surface area contributed by atoms with Crippen molar-refractivity contribution in [3.05, 3.63) is 29.8 Å². The minimum atomic E-state index is -3.68. The van der Waals surface area contributed by atoms with Crippen LogP contribution in [0.1, 0.15) is 30.6 Å². The van der Waals surface area contributed by atoms with Crippen molar-refractivity contribution in [3.63, 3.8) is 0 Å². The first kappa shape index (κ1) is 19.4. The van der Waals surface area contributed by atoms with Gasteiger partial charge in [-0.15, -0.1) is 0 Å². The molecule has 0 aromatic heterocycles. The Bertz CT molecular complexity index is 755. The molecule has 0 unspecified atom stereocenters. The molecule has 1 aromatic rings. The third kappa shape index (κ3) is 4.38. The summed E-state index contributed by atoms with van der Waals surface area (Å²) in [6.07, 6.45) is 0.840. The van der Waals surface area contributed by atoms with Crippen molar-refractivity contribution in [1.29, 1.82) is 0 Å². The molecule has 8 heteroatoms. The molecule has 0 aliphatic carbocycles. The number of benzene rings is 1. The zero-order valence-corrected chi connectivity index (χ0v) is 15.9. The Morgan fingerprint density at radius 2 is 1.84 bits per heavy atom. The molecule has 1 N–H and O–H groups in total. The van der Waals surface area contributed by atoms with Gasteiger partial charge in [0.15, 0.2) is 0 Å². The predicted molar refractivity (Wildman–Crippen MR) is 97.0 cm³/mol. The largest absolute Gasteiger partial charge is 0.352 e. The van der Waals surface area contributed by atoms with E-state index in [1.165, 1.54) is 24.3 Å². The maximum atomic E-state index is 12.4. The van der Waals surface area contributed by atoms with Gasteiger partial charge < -0.3 is 10.2 Å². The van der Waals surface area contributed by atoms with Crippen molar-refractivity contribution in [2.75, 3.05) is 37.2 Å². The molecule has 1 saturated heterocycles. The summed E-state index contributed by atoms with van der Waals surface area (Å²) >= 11 is 0. The van der Waals surface area contributed by atoms with Gasteiger partial charge in [0, 0.05) is 12.1 Å². The summed E-state index contributed by atoms with van der Waals surface area (Å²) in [5, 5.41) is 2.82. The fraction of sp³-hybridized carbons (Fsp3) is 0.529. The Balaban J connectivity index is 2.07. The van der Waals surface area contributed by atoms with Crippen molar-refractivity contribution < 1.29 is 18.0 Å². The molecule has 1 heterocycles. The molecular weight excluding hydrogens is 342 g/mol. The van der Waals surface area contributed by atoms with Crippen molar-refractivity contribution in [2.24, 2.45) is 5.41 Å². The maximum Gasteiger partial charge on any atom is 0.251 e. The standard InChI is InChI=1S/C17H25N3O4S/c1-17(2)12-25(23,24)20(16(17)22)14-8-6-13(7-9-14)15(21)18-10-5-11-19(3)4/h6-9H,5,10-12H2,1-4H3,(H,18,21). The number of carbonyl (C=O) groups excluding carboxylic acids is 2.